The molecule has 4 heteroatoms. The molecule has 4 rings (SSSR count). The van der Waals surface area contributed by atoms with Gasteiger partial charge in [0.1, 0.15) is 12.8 Å². The number of aromatic nitrogens is 1. The number of rotatable bonds is 8. The van der Waals surface area contributed by atoms with E-state index in [0.717, 1.165) is 24.1 Å². The highest BCUT2D eigenvalue weighted by molar-refractivity contribution is 7.09. The third-order valence-electron chi connectivity index (χ3n) is 5.31. The largest absolute Gasteiger partial charge is 0.399 e. The highest BCUT2D eigenvalue weighted by atomic mass is 32.1. The minimum atomic E-state index is 0.952. The van der Waals surface area contributed by atoms with Crippen molar-refractivity contribution in [1.29, 1.82) is 0 Å². The van der Waals surface area contributed by atoms with Gasteiger partial charge >= 0.3 is 0 Å². The summed E-state index contributed by atoms with van der Waals surface area (Å²) in [4.78, 5) is 9.67. The molecule has 3 aromatic rings. The first kappa shape index (κ1) is 18.9. The van der Waals surface area contributed by atoms with E-state index in [1.807, 2.05) is 0 Å². The van der Waals surface area contributed by atoms with Crippen LogP contribution < -0.4 is 0 Å². The first-order valence-corrected chi connectivity index (χ1v) is 10.9. The molecule has 0 amide bonds. The topological polar surface area (TPSA) is 34.5 Å². The number of oxime groups is 1. The van der Waals surface area contributed by atoms with E-state index in [-0.39, 0.29) is 0 Å². The molecule has 0 unspecified atom stereocenters. The van der Waals surface area contributed by atoms with Gasteiger partial charge in [-0.15, -0.1) is 11.3 Å². The van der Waals surface area contributed by atoms with Gasteiger partial charge in [-0.1, -0.05) is 54.4 Å². The SMILES string of the molecule is CO/N=C1/c2ccccc2-c2ccc(CCCCCCc3csc(C)n3)cc21. The van der Waals surface area contributed by atoms with Crippen LogP contribution in [0.4, 0.5) is 0 Å². The zero-order valence-electron chi connectivity index (χ0n) is 16.6. The summed E-state index contributed by atoms with van der Waals surface area (Å²) in [5.74, 6) is 0. The molecule has 28 heavy (non-hydrogen) atoms. The van der Waals surface area contributed by atoms with Crippen LogP contribution in [0.1, 0.15) is 53.1 Å². The molecule has 0 bridgehead atoms. The second-order valence-corrected chi connectivity index (χ2v) is 8.38. The maximum atomic E-state index is 5.13. The highest BCUT2D eigenvalue weighted by Gasteiger charge is 2.25. The Hall–Kier alpha value is -2.46. The number of nitrogens with zero attached hydrogens (tertiary/aromatic N) is 2. The fourth-order valence-electron chi connectivity index (χ4n) is 3.95. The lowest BCUT2D eigenvalue weighted by atomic mass is 9.99. The summed E-state index contributed by atoms with van der Waals surface area (Å²) in [6, 6.07) is 15.2. The summed E-state index contributed by atoms with van der Waals surface area (Å²) in [5.41, 5.74) is 8.45. The summed E-state index contributed by atoms with van der Waals surface area (Å²) in [5, 5.41) is 7.67. The molecule has 0 fully saturated rings. The van der Waals surface area contributed by atoms with Gasteiger partial charge in [0.15, 0.2) is 0 Å². The molecule has 1 aliphatic carbocycles. The molecule has 144 valence electrons. The van der Waals surface area contributed by atoms with Crippen molar-refractivity contribution in [1.82, 2.24) is 4.98 Å². The Balaban J connectivity index is 1.34. The maximum absolute atomic E-state index is 5.13. The molecule has 3 nitrogen and oxygen atoms in total. The van der Waals surface area contributed by atoms with Crippen LogP contribution in [-0.2, 0) is 17.7 Å². The van der Waals surface area contributed by atoms with Crippen LogP contribution in [0.25, 0.3) is 11.1 Å². The fourth-order valence-corrected chi connectivity index (χ4v) is 4.60. The number of thiazole rings is 1. The first-order chi connectivity index (χ1) is 13.8. The lowest BCUT2D eigenvalue weighted by Gasteiger charge is -2.06. The molecule has 0 atom stereocenters. The Morgan fingerprint density at radius 3 is 2.39 bits per heavy atom. The highest BCUT2D eigenvalue weighted by Crippen LogP contribution is 2.37. The average Bonchev–Trinajstić information content (AvgIpc) is 3.26. The number of fused-ring (bicyclic) bond motifs is 3. The van der Waals surface area contributed by atoms with Crippen molar-refractivity contribution in [2.45, 2.75) is 45.4 Å². The first-order valence-electron chi connectivity index (χ1n) is 10.0. The second kappa shape index (κ2) is 8.70. The molecular weight excluding hydrogens is 364 g/mol. The molecule has 2 aromatic carbocycles. The molecule has 0 saturated carbocycles. The second-order valence-electron chi connectivity index (χ2n) is 7.32. The summed E-state index contributed by atoms with van der Waals surface area (Å²) in [7, 11) is 1.62. The molecule has 0 N–H and O–H groups in total. The van der Waals surface area contributed by atoms with Crippen LogP contribution in [0.15, 0.2) is 53.0 Å². The van der Waals surface area contributed by atoms with Crippen LogP contribution in [-0.4, -0.2) is 17.8 Å². The van der Waals surface area contributed by atoms with Crippen LogP contribution in [0.5, 0.6) is 0 Å². The van der Waals surface area contributed by atoms with E-state index in [1.54, 1.807) is 18.4 Å². The van der Waals surface area contributed by atoms with Gasteiger partial charge in [0, 0.05) is 16.5 Å². The molecule has 1 heterocycles. The Labute approximate surface area is 171 Å². The summed E-state index contributed by atoms with van der Waals surface area (Å²) in [6.07, 6.45) is 7.20. The van der Waals surface area contributed by atoms with E-state index in [4.69, 9.17) is 4.84 Å². The smallest absolute Gasteiger partial charge is 0.118 e. The van der Waals surface area contributed by atoms with Crippen LogP contribution in [0.2, 0.25) is 0 Å². The minimum Gasteiger partial charge on any atom is -0.399 e. The summed E-state index contributed by atoms with van der Waals surface area (Å²) >= 11 is 1.75. The van der Waals surface area contributed by atoms with E-state index in [9.17, 15) is 0 Å². The van der Waals surface area contributed by atoms with Gasteiger partial charge in [0.2, 0.25) is 0 Å². The molecular formula is C24H26N2OS. The van der Waals surface area contributed by atoms with E-state index < -0.39 is 0 Å². The Kier molecular flexibility index (Phi) is 5.87. The number of aryl methyl sites for hydroxylation is 3. The van der Waals surface area contributed by atoms with Gasteiger partial charge in [-0.05, 0) is 55.4 Å². The molecule has 0 radical (unpaired) electrons. The van der Waals surface area contributed by atoms with Gasteiger partial charge in [0.05, 0.1) is 10.7 Å². The van der Waals surface area contributed by atoms with E-state index in [1.165, 1.54) is 58.6 Å². The Bertz CT molecular complexity index is 990. The van der Waals surface area contributed by atoms with Crippen molar-refractivity contribution in [2.75, 3.05) is 7.11 Å². The standard InChI is InChI=1S/C24H26N2OS/c1-17-25-19(16-28-17)10-6-4-3-5-9-18-13-14-21-20-11-7-8-12-22(20)24(26-27-2)23(21)15-18/h7-8,11-16H,3-6,9-10H2,1-2H3/b26-24-. The van der Waals surface area contributed by atoms with Gasteiger partial charge in [-0.3, -0.25) is 0 Å². The van der Waals surface area contributed by atoms with Crippen molar-refractivity contribution >= 4 is 17.0 Å². The quantitative estimate of drug-likeness (QED) is 0.266. The van der Waals surface area contributed by atoms with Crippen LogP contribution in [0.3, 0.4) is 0 Å². The third-order valence-corrected chi connectivity index (χ3v) is 6.13. The number of hydrogen-bond donors (Lipinski definition) is 0. The van der Waals surface area contributed by atoms with Gasteiger partial charge < -0.3 is 4.84 Å². The minimum absolute atomic E-state index is 0.952. The predicted octanol–water partition coefficient (Wildman–Crippen LogP) is 6.18. The van der Waals surface area contributed by atoms with Crippen molar-refractivity contribution in [2.24, 2.45) is 5.16 Å². The van der Waals surface area contributed by atoms with Crippen molar-refractivity contribution in [3.63, 3.8) is 0 Å². The lowest BCUT2D eigenvalue weighted by Crippen LogP contribution is -2.00. The molecule has 0 saturated heterocycles. The lowest BCUT2D eigenvalue weighted by molar-refractivity contribution is 0.214. The van der Waals surface area contributed by atoms with Crippen molar-refractivity contribution < 1.29 is 4.84 Å². The normalized spacial score (nSPS) is 13.6. The van der Waals surface area contributed by atoms with Gasteiger partial charge in [-0.25, -0.2) is 4.98 Å². The maximum Gasteiger partial charge on any atom is 0.118 e. The van der Waals surface area contributed by atoms with E-state index in [0.29, 0.717) is 0 Å². The molecule has 0 spiro atoms. The number of unbranched alkanes of at least 4 members (excludes halogenated alkanes) is 3. The van der Waals surface area contributed by atoms with Gasteiger partial charge in [0.25, 0.3) is 0 Å². The zero-order valence-corrected chi connectivity index (χ0v) is 17.4. The van der Waals surface area contributed by atoms with Crippen LogP contribution >= 0.6 is 11.3 Å². The summed E-state index contributed by atoms with van der Waals surface area (Å²) < 4.78 is 0. The van der Waals surface area contributed by atoms with Gasteiger partial charge in [-0.2, -0.15) is 0 Å². The molecule has 0 aliphatic heterocycles. The Morgan fingerprint density at radius 1 is 0.893 bits per heavy atom. The summed E-state index contributed by atoms with van der Waals surface area (Å²) in [6.45, 7) is 2.08. The van der Waals surface area contributed by atoms with Crippen LogP contribution in [0, 0.1) is 6.92 Å². The fraction of sp³-hybridized carbons (Fsp3) is 0.333. The average molecular weight is 391 g/mol. The monoisotopic (exact) mass is 390 g/mol. The molecule has 1 aromatic heterocycles. The molecule has 1 aliphatic rings. The van der Waals surface area contributed by atoms with E-state index >= 15 is 0 Å². The predicted molar refractivity (Wildman–Crippen MR) is 117 cm³/mol. The van der Waals surface area contributed by atoms with Crippen molar-refractivity contribution in [3.05, 3.63) is 75.2 Å². The van der Waals surface area contributed by atoms with Crippen molar-refractivity contribution in [3.8, 4) is 11.1 Å². The zero-order chi connectivity index (χ0) is 19.3. The van der Waals surface area contributed by atoms with E-state index in [2.05, 4.69) is 64.9 Å². The number of benzene rings is 2. The third kappa shape index (κ3) is 4.02. The number of hydrogen-bond acceptors (Lipinski definition) is 4. The Morgan fingerprint density at radius 2 is 1.64 bits per heavy atom.